The summed E-state index contributed by atoms with van der Waals surface area (Å²) >= 11 is 0. The van der Waals surface area contributed by atoms with E-state index in [4.69, 9.17) is 0 Å². The largest absolute Gasteiger partial charge is 0.327 e. The van der Waals surface area contributed by atoms with Gasteiger partial charge in [-0.2, -0.15) is 0 Å². The fourth-order valence-electron chi connectivity index (χ4n) is 4.78. The van der Waals surface area contributed by atoms with Gasteiger partial charge >= 0.3 is 6.03 Å². The molecule has 0 atom stereocenters. The molecule has 1 aromatic carbocycles. The van der Waals surface area contributed by atoms with Crippen LogP contribution in [-0.4, -0.2) is 58.2 Å². The minimum atomic E-state index is -1.15. The van der Waals surface area contributed by atoms with Crippen molar-refractivity contribution < 1.29 is 19.2 Å². The molecule has 29 heavy (non-hydrogen) atoms. The van der Waals surface area contributed by atoms with E-state index < -0.39 is 23.0 Å². The van der Waals surface area contributed by atoms with E-state index in [0.717, 1.165) is 24.2 Å². The van der Waals surface area contributed by atoms with Gasteiger partial charge in [-0.1, -0.05) is 31.4 Å². The summed E-state index contributed by atoms with van der Waals surface area (Å²) in [7, 11) is 1.64. The Kier molecular flexibility index (Phi) is 4.40. The van der Waals surface area contributed by atoms with Crippen LogP contribution in [0.15, 0.2) is 24.3 Å². The Balaban J connectivity index is 1.65. The molecule has 2 aliphatic heterocycles. The van der Waals surface area contributed by atoms with Gasteiger partial charge < -0.3 is 10.2 Å². The van der Waals surface area contributed by atoms with Crippen molar-refractivity contribution in [1.82, 2.24) is 9.80 Å². The first-order valence-electron chi connectivity index (χ1n) is 10.0. The number of fused-ring (bicyclic) bond motifs is 1. The molecule has 1 spiro atoms. The van der Waals surface area contributed by atoms with E-state index in [9.17, 15) is 19.2 Å². The second-order valence-corrected chi connectivity index (χ2v) is 8.58. The molecule has 2 fully saturated rings. The predicted molar refractivity (Wildman–Crippen MR) is 107 cm³/mol. The standard InChI is InChI=1S/C21H26N4O4/c1-20(2)17(27)22-14-9-5-6-10-15(14)25(20)16(26)13-24-18(28)21(23(3)19(24)29)11-7-4-8-12-21/h5-6,9-10H,4,7-8,11-13H2,1-3H3,(H,22,27). The third kappa shape index (κ3) is 2.73. The van der Waals surface area contributed by atoms with Crippen molar-refractivity contribution in [3.63, 3.8) is 0 Å². The van der Waals surface area contributed by atoms with Crippen molar-refractivity contribution in [2.75, 3.05) is 23.8 Å². The molecule has 5 amide bonds. The summed E-state index contributed by atoms with van der Waals surface area (Å²) in [6.07, 6.45) is 4.07. The third-order valence-electron chi connectivity index (χ3n) is 6.53. The minimum absolute atomic E-state index is 0.300. The van der Waals surface area contributed by atoms with E-state index >= 15 is 0 Å². The van der Waals surface area contributed by atoms with E-state index in [2.05, 4.69) is 5.32 Å². The fourth-order valence-corrected chi connectivity index (χ4v) is 4.78. The molecule has 3 aliphatic rings. The van der Waals surface area contributed by atoms with E-state index in [1.807, 2.05) is 0 Å². The molecule has 8 nitrogen and oxygen atoms in total. The summed E-state index contributed by atoms with van der Waals surface area (Å²) in [5, 5.41) is 2.81. The van der Waals surface area contributed by atoms with Gasteiger partial charge in [-0.25, -0.2) is 4.79 Å². The summed E-state index contributed by atoms with van der Waals surface area (Å²) in [4.78, 5) is 55.9. The van der Waals surface area contributed by atoms with E-state index in [1.165, 1.54) is 9.80 Å². The van der Waals surface area contributed by atoms with Gasteiger partial charge in [0, 0.05) is 7.05 Å². The van der Waals surface area contributed by atoms with Crippen LogP contribution in [0.3, 0.4) is 0 Å². The van der Waals surface area contributed by atoms with Gasteiger partial charge in [-0.15, -0.1) is 0 Å². The minimum Gasteiger partial charge on any atom is -0.322 e. The number of carbonyl (C=O) groups excluding carboxylic acids is 4. The summed E-state index contributed by atoms with van der Waals surface area (Å²) in [6.45, 7) is 2.92. The molecular weight excluding hydrogens is 372 g/mol. The maximum Gasteiger partial charge on any atom is 0.327 e. The Labute approximate surface area is 169 Å². The van der Waals surface area contributed by atoms with Crippen molar-refractivity contribution >= 4 is 35.1 Å². The molecule has 8 heteroatoms. The number of anilines is 2. The fraction of sp³-hybridized carbons (Fsp3) is 0.524. The zero-order valence-electron chi connectivity index (χ0n) is 17.0. The first-order valence-corrected chi connectivity index (χ1v) is 10.0. The van der Waals surface area contributed by atoms with E-state index in [-0.39, 0.29) is 18.4 Å². The SMILES string of the molecule is CN1C(=O)N(CC(=O)N2c3ccccc3NC(=O)C2(C)C)C(=O)C12CCCCC2. The van der Waals surface area contributed by atoms with Crippen LogP contribution in [-0.2, 0) is 14.4 Å². The number of hydrogen-bond donors (Lipinski definition) is 1. The Morgan fingerprint density at radius 3 is 2.41 bits per heavy atom. The number of para-hydroxylation sites is 2. The van der Waals surface area contributed by atoms with Crippen molar-refractivity contribution in [2.24, 2.45) is 0 Å². The van der Waals surface area contributed by atoms with E-state index in [1.54, 1.807) is 45.2 Å². The van der Waals surface area contributed by atoms with Crippen molar-refractivity contribution in [3.05, 3.63) is 24.3 Å². The lowest BCUT2D eigenvalue weighted by Crippen LogP contribution is -2.60. The Hall–Kier alpha value is -2.90. The van der Waals surface area contributed by atoms with E-state index in [0.29, 0.717) is 24.2 Å². The highest BCUT2D eigenvalue weighted by Crippen LogP contribution is 2.40. The van der Waals surface area contributed by atoms with Crippen LogP contribution < -0.4 is 10.2 Å². The molecule has 4 rings (SSSR count). The van der Waals surface area contributed by atoms with Gasteiger partial charge in [0.2, 0.25) is 11.8 Å². The molecule has 0 radical (unpaired) electrons. The number of urea groups is 1. The van der Waals surface area contributed by atoms with Gasteiger partial charge in [-0.3, -0.25) is 24.2 Å². The van der Waals surface area contributed by atoms with Gasteiger partial charge in [0.15, 0.2) is 0 Å². The third-order valence-corrected chi connectivity index (χ3v) is 6.53. The second-order valence-electron chi connectivity index (χ2n) is 8.58. The number of hydrogen-bond acceptors (Lipinski definition) is 4. The maximum absolute atomic E-state index is 13.3. The zero-order valence-corrected chi connectivity index (χ0v) is 17.0. The second kappa shape index (κ2) is 6.57. The Morgan fingerprint density at radius 2 is 1.72 bits per heavy atom. The summed E-state index contributed by atoms with van der Waals surface area (Å²) in [6, 6.07) is 6.58. The molecule has 1 aromatic rings. The number of rotatable bonds is 2. The van der Waals surface area contributed by atoms with Crippen molar-refractivity contribution in [2.45, 2.75) is 57.0 Å². The average molecular weight is 398 g/mol. The Bertz CT molecular complexity index is 904. The highest BCUT2D eigenvalue weighted by molar-refractivity contribution is 6.16. The first kappa shape index (κ1) is 19.4. The lowest BCUT2D eigenvalue weighted by molar-refractivity contribution is -0.137. The predicted octanol–water partition coefficient (Wildman–Crippen LogP) is 2.35. The lowest BCUT2D eigenvalue weighted by Gasteiger charge is -2.42. The summed E-state index contributed by atoms with van der Waals surface area (Å²) in [5.74, 6) is -1.07. The molecular formula is C21H26N4O4. The number of carbonyl (C=O) groups is 4. The summed E-state index contributed by atoms with van der Waals surface area (Å²) in [5.41, 5.74) is -0.888. The maximum atomic E-state index is 13.3. The van der Waals surface area contributed by atoms with Crippen LogP contribution in [0.25, 0.3) is 0 Å². The normalized spacial score (nSPS) is 22.7. The molecule has 0 aromatic heterocycles. The van der Waals surface area contributed by atoms with Gasteiger partial charge in [-0.05, 0) is 38.8 Å². The average Bonchev–Trinajstić information content (AvgIpc) is 2.85. The van der Waals surface area contributed by atoms with Gasteiger partial charge in [0.05, 0.1) is 11.4 Å². The number of nitrogens with one attached hydrogen (secondary N) is 1. The molecule has 0 unspecified atom stereocenters. The van der Waals surface area contributed by atoms with Crippen LogP contribution in [0.4, 0.5) is 16.2 Å². The van der Waals surface area contributed by atoms with Gasteiger partial charge in [0.25, 0.3) is 5.91 Å². The smallest absolute Gasteiger partial charge is 0.322 e. The quantitative estimate of drug-likeness (QED) is 0.775. The number of amides is 5. The van der Waals surface area contributed by atoms with Crippen LogP contribution in [0.1, 0.15) is 46.0 Å². The van der Waals surface area contributed by atoms with Crippen LogP contribution >= 0.6 is 0 Å². The summed E-state index contributed by atoms with van der Waals surface area (Å²) < 4.78 is 0. The number of likely N-dealkylation sites (N-methyl/N-ethyl adjacent to an activating group) is 1. The van der Waals surface area contributed by atoms with Crippen LogP contribution in [0.5, 0.6) is 0 Å². The molecule has 1 saturated carbocycles. The highest BCUT2D eigenvalue weighted by Gasteiger charge is 2.56. The van der Waals surface area contributed by atoms with Crippen molar-refractivity contribution in [1.29, 1.82) is 0 Å². The highest BCUT2D eigenvalue weighted by atomic mass is 16.2. The number of imide groups is 1. The monoisotopic (exact) mass is 398 g/mol. The lowest BCUT2D eigenvalue weighted by atomic mass is 9.81. The van der Waals surface area contributed by atoms with Crippen molar-refractivity contribution in [3.8, 4) is 0 Å². The zero-order chi connectivity index (χ0) is 21.0. The molecule has 2 heterocycles. The van der Waals surface area contributed by atoms with Crippen LogP contribution in [0.2, 0.25) is 0 Å². The molecule has 1 aliphatic carbocycles. The van der Waals surface area contributed by atoms with Crippen LogP contribution in [0, 0.1) is 0 Å². The van der Waals surface area contributed by atoms with Gasteiger partial charge in [0.1, 0.15) is 17.6 Å². The molecule has 1 saturated heterocycles. The molecule has 154 valence electrons. The topological polar surface area (TPSA) is 90.0 Å². The number of nitrogens with zero attached hydrogens (tertiary/aromatic N) is 3. The Morgan fingerprint density at radius 1 is 1.07 bits per heavy atom. The first-order chi connectivity index (χ1) is 13.7. The molecule has 0 bridgehead atoms. The number of benzene rings is 1. The molecule has 1 N–H and O–H groups in total.